The minimum Gasteiger partial charge on any atom is -0.483 e. The average Bonchev–Trinajstić information content (AvgIpc) is 2.84. The van der Waals surface area contributed by atoms with Crippen molar-refractivity contribution in [2.45, 2.75) is 45.7 Å². The molecule has 0 radical (unpaired) electrons. The van der Waals surface area contributed by atoms with Crippen molar-refractivity contribution in [2.75, 3.05) is 32.8 Å². The number of carbonyl (C=O) groups is 2. The molecule has 1 saturated heterocycles. The van der Waals surface area contributed by atoms with Crippen LogP contribution in [-0.4, -0.2) is 60.6 Å². The topological polar surface area (TPSA) is 49.9 Å². The summed E-state index contributed by atoms with van der Waals surface area (Å²) < 4.78 is 43.6. The third kappa shape index (κ3) is 5.62. The van der Waals surface area contributed by atoms with Crippen LogP contribution in [0.1, 0.15) is 38.3 Å². The van der Waals surface area contributed by atoms with Crippen molar-refractivity contribution in [3.63, 3.8) is 0 Å². The lowest BCUT2D eigenvalue weighted by Crippen LogP contribution is -2.44. The van der Waals surface area contributed by atoms with Crippen molar-refractivity contribution in [2.24, 2.45) is 0 Å². The number of aryl methyl sites for hydroxylation is 1. The number of hydrogen-bond donors (Lipinski definition) is 0. The van der Waals surface area contributed by atoms with Gasteiger partial charge in [0.05, 0.1) is 0 Å². The summed E-state index contributed by atoms with van der Waals surface area (Å²) in [7, 11) is 0. The second-order valence-electron chi connectivity index (χ2n) is 8.06. The molecule has 1 aliphatic rings. The Morgan fingerprint density at radius 2 is 1.64 bits per heavy atom. The van der Waals surface area contributed by atoms with Gasteiger partial charge in [0.15, 0.2) is 6.61 Å². The third-order valence-corrected chi connectivity index (χ3v) is 4.67. The average molecular weight is 400 g/mol. The number of halogens is 3. The maximum atomic E-state index is 12.6. The van der Waals surface area contributed by atoms with E-state index in [2.05, 4.69) is 20.8 Å². The van der Waals surface area contributed by atoms with E-state index in [-0.39, 0.29) is 37.6 Å². The molecule has 1 fully saturated rings. The molecule has 0 saturated carbocycles. The van der Waals surface area contributed by atoms with Gasteiger partial charge >= 0.3 is 12.1 Å². The predicted octanol–water partition coefficient (Wildman–Crippen LogP) is 3.29. The fourth-order valence-electron chi connectivity index (χ4n) is 3.14. The Balaban J connectivity index is 1.99. The normalized spacial score (nSPS) is 16.0. The molecule has 2 amide bonds. The monoisotopic (exact) mass is 400 g/mol. The summed E-state index contributed by atoms with van der Waals surface area (Å²) in [5.74, 6) is -1.54. The number of rotatable bonds is 3. The number of ether oxygens (including phenoxy) is 1. The standard InChI is InChI=1S/C20H27F3N2O3/c1-14-6-7-16(15(12-14)19(2,3)4)28-13-17(26)24-8-5-9-25(11-10-24)18(27)20(21,22)23/h6-7,12H,5,8-11,13H2,1-4H3. The maximum absolute atomic E-state index is 12.6. The van der Waals surface area contributed by atoms with E-state index >= 15 is 0 Å². The van der Waals surface area contributed by atoms with Gasteiger partial charge in [-0.05, 0) is 30.4 Å². The largest absolute Gasteiger partial charge is 0.483 e. The number of hydrogen-bond acceptors (Lipinski definition) is 3. The lowest BCUT2D eigenvalue weighted by molar-refractivity contribution is -0.185. The molecule has 1 aromatic carbocycles. The second-order valence-corrected chi connectivity index (χ2v) is 8.06. The molecule has 28 heavy (non-hydrogen) atoms. The molecule has 1 heterocycles. The van der Waals surface area contributed by atoms with Crippen LogP contribution in [0.15, 0.2) is 18.2 Å². The van der Waals surface area contributed by atoms with Crippen LogP contribution in [0, 0.1) is 6.92 Å². The molecule has 0 spiro atoms. The van der Waals surface area contributed by atoms with Gasteiger partial charge in [-0.15, -0.1) is 0 Å². The maximum Gasteiger partial charge on any atom is 0.471 e. The highest BCUT2D eigenvalue weighted by Crippen LogP contribution is 2.32. The fourth-order valence-corrected chi connectivity index (χ4v) is 3.14. The van der Waals surface area contributed by atoms with Gasteiger partial charge in [-0.3, -0.25) is 9.59 Å². The Morgan fingerprint density at radius 3 is 2.25 bits per heavy atom. The lowest BCUT2D eigenvalue weighted by atomic mass is 9.85. The molecule has 0 unspecified atom stereocenters. The van der Waals surface area contributed by atoms with E-state index in [1.807, 2.05) is 25.1 Å². The second kappa shape index (κ2) is 8.41. The van der Waals surface area contributed by atoms with E-state index < -0.39 is 12.1 Å². The molecule has 0 N–H and O–H groups in total. The Morgan fingerprint density at radius 1 is 1.04 bits per heavy atom. The van der Waals surface area contributed by atoms with Crippen LogP contribution in [-0.2, 0) is 15.0 Å². The van der Waals surface area contributed by atoms with E-state index in [1.54, 1.807) is 0 Å². The first-order chi connectivity index (χ1) is 12.9. The van der Waals surface area contributed by atoms with Crippen LogP contribution in [0.2, 0.25) is 0 Å². The Hall–Kier alpha value is -2.25. The predicted molar refractivity (Wildman–Crippen MR) is 99.2 cm³/mol. The number of nitrogens with zero attached hydrogens (tertiary/aromatic N) is 2. The van der Waals surface area contributed by atoms with E-state index in [4.69, 9.17) is 4.74 Å². The third-order valence-electron chi connectivity index (χ3n) is 4.67. The van der Waals surface area contributed by atoms with Gasteiger partial charge in [0.1, 0.15) is 5.75 Å². The number of benzene rings is 1. The molecule has 156 valence electrons. The highest BCUT2D eigenvalue weighted by Gasteiger charge is 2.42. The molecule has 1 aromatic rings. The summed E-state index contributed by atoms with van der Waals surface area (Å²) in [4.78, 5) is 26.1. The first-order valence-corrected chi connectivity index (χ1v) is 9.27. The number of carbonyl (C=O) groups excluding carboxylic acids is 2. The molecular weight excluding hydrogens is 373 g/mol. The van der Waals surface area contributed by atoms with Crippen molar-refractivity contribution in [1.82, 2.24) is 9.80 Å². The van der Waals surface area contributed by atoms with E-state index in [0.717, 1.165) is 16.0 Å². The molecule has 1 aliphatic heterocycles. The molecule has 0 atom stereocenters. The van der Waals surface area contributed by atoms with Crippen LogP contribution in [0.3, 0.4) is 0 Å². The van der Waals surface area contributed by atoms with Crippen LogP contribution < -0.4 is 4.74 Å². The zero-order valence-electron chi connectivity index (χ0n) is 16.7. The summed E-state index contributed by atoms with van der Waals surface area (Å²) in [6.45, 7) is 8.14. The first-order valence-electron chi connectivity index (χ1n) is 9.27. The summed E-state index contributed by atoms with van der Waals surface area (Å²) in [5.41, 5.74) is 1.91. The minimum atomic E-state index is -4.89. The Kier molecular flexibility index (Phi) is 6.62. The summed E-state index contributed by atoms with van der Waals surface area (Å²) in [6.07, 6.45) is -4.59. The highest BCUT2D eigenvalue weighted by atomic mass is 19.4. The molecule has 0 aromatic heterocycles. The van der Waals surface area contributed by atoms with Crippen LogP contribution in [0.5, 0.6) is 5.75 Å². The molecule has 5 nitrogen and oxygen atoms in total. The van der Waals surface area contributed by atoms with Crippen molar-refractivity contribution < 1.29 is 27.5 Å². The van der Waals surface area contributed by atoms with Gasteiger partial charge in [0, 0.05) is 26.2 Å². The van der Waals surface area contributed by atoms with Gasteiger partial charge in [0.25, 0.3) is 5.91 Å². The number of alkyl halides is 3. The van der Waals surface area contributed by atoms with Crippen LogP contribution >= 0.6 is 0 Å². The van der Waals surface area contributed by atoms with Gasteiger partial charge < -0.3 is 14.5 Å². The van der Waals surface area contributed by atoms with Crippen LogP contribution in [0.25, 0.3) is 0 Å². The van der Waals surface area contributed by atoms with E-state index in [9.17, 15) is 22.8 Å². The molecule has 0 bridgehead atoms. The van der Waals surface area contributed by atoms with Gasteiger partial charge in [-0.2, -0.15) is 13.2 Å². The van der Waals surface area contributed by atoms with Gasteiger partial charge in [0.2, 0.25) is 0 Å². The molecule has 0 aliphatic carbocycles. The first kappa shape index (κ1) is 22.0. The van der Waals surface area contributed by atoms with Crippen molar-refractivity contribution >= 4 is 11.8 Å². The highest BCUT2D eigenvalue weighted by molar-refractivity contribution is 5.82. The van der Waals surface area contributed by atoms with E-state index in [1.165, 1.54) is 4.90 Å². The zero-order valence-corrected chi connectivity index (χ0v) is 16.7. The molecule has 2 rings (SSSR count). The van der Waals surface area contributed by atoms with E-state index in [0.29, 0.717) is 18.7 Å². The minimum absolute atomic E-state index is 0.0187. The number of amides is 2. The zero-order chi connectivity index (χ0) is 21.1. The fraction of sp³-hybridized carbons (Fsp3) is 0.600. The van der Waals surface area contributed by atoms with Crippen molar-refractivity contribution in [3.05, 3.63) is 29.3 Å². The van der Waals surface area contributed by atoms with Gasteiger partial charge in [-0.1, -0.05) is 38.5 Å². The van der Waals surface area contributed by atoms with Crippen molar-refractivity contribution in [3.8, 4) is 5.75 Å². The SMILES string of the molecule is Cc1ccc(OCC(=O)N2CCCN(C(=O)C(F)(F)F)CC2)c(C(C)(C)C)c1. The Bertz CT molecular complexity index is 726. The Labute approximate surface area is 163 Å². The summed E-state index contributed by atoms with van der Waals surface area (Å²) in [5, 5.41) is 0. The van der Waals surface area contributed by atoms with Crippen molar-refractivity contribution in [1.29, 1.82) is 0 Å². The van der Waals surface area contributed by atoms with Gasteiger partial charge in [-0.25, -0.2) is 0 Å². The van der Waals surface area contributed by atoms with Crippen LogP contribution in [0.4, 0.5) is 13.2 Å². The lowest BCUT2D eigenvalue weighted by Gasteiger charge is -2.25. The quantitative estimate of drug-likeness (QED) is 0.782. The summed E-state index contributed by atoms with van der Waals surface area (Å²) >= 11 is 0. The molecule has 8 heteroatoms. The molecular formula is C20H27F3N2O3. The smallest absolute Gasteiger partial charge is 0.471 e. The summed E-state index contributed by atoms with van der Waals surface area (Å²) in [6, 6.07) is 5.75.